The number of carbonyl (C=O) groups excluding carboxylic acids is 1. The molecule has 0 spiro atoms. The van der Waals surface area contributed by atoms with Gasteiger partial charge in [0, 0.05) is 48.7 Å². The normalized spacial score (nSPS) is 14.4. The van der Waals surface area contributed by atoms with E-state index in [9.17, 15) is 18.0 Å². The van der Waals surface area contributed by atoms with Crippen LogP contribution in [0.25, 0.3) is 17.1 Å². The van der Waals surface area contributed by atoms with Crippen molar-refractivity contribution >= 4 is 28.8 Å². The van der Waals surface area contributed by atoms with Gasteiger partial charge in [0.05, 0.1) is 16.8 Å². The van der Waals surface area contributed by atoms with Crippen molar-refractivity contribution in [3.05, 3.63) is 106 Å². The second kappa shape index (κ2) is 12.3. The summed E-state index contributed by atoms with van der Waals surface area (Å²) in [4.78, 5) is 24.8. The zero-order valence-corrected chi connectivity index (χ0v) is 25.5. The van der Waals surface area contributed by atoms with E-state index in [-0.39, 0.29) is 23.5 Å². The minimum absolute atomic E-state index is 0.0730. The number of alkyl halides is 3. The van der Waals surface area contributed by atoms with Crippen LogP contribution < -0.4 is 20.9 Å². The van der Waals surface area contributed by atoms with Gasteiger partial charge in [0.1, 0.15) is 5.69 Å². The van der Waals surface area contributed by atoms with E-state index in [4.69, 9.17) is 9.97 Å². The molecule has 0 unspecified atom stereocenters. The molecule has 3 N–H and O–H groups in total. The Bertz CT molecular complexity index is 1780. The topological polar surface area (TPSA) is 82.2 Å². The van der Waals surface area contributed by atoms with Crippen molar-refractivity contribution in [3.63, 3.8) is 0 Å². The number of hydrogen-bond acceptors (Lipinski definition) is 6. The molecule has 0 fully saturated rings. The van der Waals surface area contributed by atoms with E-state index < -0.39 is 23.2 Å². The molecule has 1 amide bonds. The molecule has 7 nitrogen and oxygen atoms in total. The smallest absolute Gasteiger partial charge is 0.381 e. The van der Waals surface area contributed by atoms with Gasteiger partial charge in [-0.15, -0.1) is 0 Å². The Kier molecular flexibility index (Phi) is 8.22. The van der Waals surface area contributed by atoms with Crippen molar-refractivity contribution in [3.8, 4) is 11.4 Å². The lowest BCUT2D eigenvalue weighted by molar-refractivity contribution is -0.137. The van der Waals surface area contributed by atoms with Crippen molar-refractivity contribution in [2.24, 2.45) is 0 Å². The van der Waals surface area contributed by atoms with E-state index in [1.54, 1.807) is 6.92 Å². The monoisotopic (exact) mass is 612 g/mol. The van der Waals surface area contributed by atoms with Crippen LogP contribution in [-0.4, -0.2) is 35.5 Å². The molecule has 232 valence electrons. The summed E-state index contributed by atoms with van der Waals surface area (Å²) in [7, 11) is 0. The first-order valence-corrected chi connectivity index (χ1v) is 15.1. The van der Waals surface area contributed by atoms with Crippen LogP contribution in [0.4, 0.5) is 30.4 Å². The summed E-state index contributed by atoms with van der Waals surface area (Å²) in [6, 6.07) is 20.9. The number of amides is 1. The third-order valence-electron chi connectivity index (χ3n) is 8.24. The molecule has 45 heavy (non-hydrogen) atoms. The summed E-state index contributed by atoms with van der Waals surface area (Å²) in [5.74, 6) is -0.414. The average molecular weight is 613 g/mol. The number of aromatic nitrogens is 2. The summed E-state index contributed by atoms with van der Waals surface area (Å²) in [6.07, 6.45) is -3.45. The van der Waals surface area contributed by atoms with Crippen LogP contribution in [0.3, 0.4) is 0 Å². The fraction of sp³-hybridized carbons (Fsp3) is 0.286. The molecule has 3 heterocycles. The van der Waals surface area contributed by atoms with Gasteiger partial charge in [0.25, 0.3) is 5.91 Å². The summed E-state index contributed by atoms with van der Waals surface area (Å²) in [5, 5.41) is 9.52. The molecule has 0 radical (unpaired) electrons. The first-order chi connectivity index (χ1) is 21.7. The van der Waals surface area contributed by atoms with Crippen LogP contribution in [0, 0.1) is 6.92 Å². The van der Waals surface area contributed by atoms with Gasteiger partial charge in [-0.3, -0.25) is 4.79 Å². The predicted octanol–water partition coefficient (Wildman–Crippen LogP) is 7.44. The minimum Gasteiger partial charge on any atom is -0.381 e. The van der Waals surface area contributed by atoms with Crippen LogP contribution in [0.1, 0.15) is 58.6 Å². The van der Waals surface area contributed by atoms with Crippen LogP contribution in [0.5, 0.6) is 0 Å². The van der Waals surface area contributed by atoms with E-state index in [0.717, 1.165) is 46.7 Å². The van der Waals surface area contributed by atoms with Gasteiger partial charge in [-0.25, -0.2) is 9.97 Å². The lowest BCUT2D eigenvalue weighted by atomic mass is 9.94. The Morgan fingerprint density at radius 3 is 2.49 bits per heavy atom. The highest BCUT2D eigenvalue weighted by molar-refractivity contribution is 5.99. The molecule has 10 heteroatoms. The molecule has 0 saturated heterocycles. The maximum Gasteiger partial charge on any atom is 0.417 e. The maximum atomic E-state index is 14.8. The Hall–Kier alpha value is -4.86. The van der Waals surface area contributed by atoms with Gasteiger partial charge in [-0.05, 0) is 56.4 Å². The number of nitrogens with zero attached hydrogens (tertiary/aromatic N) is 3. The van der Waals surface area contributed by atoms with Gasteiger partial charge in [-0.2, -0.15) is 13.2 Å². The Morgan fingerprint density at radius 2 is 1.73 bits per heavy atom. The van der Waals surface area contributed by atoms with Crippen molar-refractivity contribution in [1.82, 2.24) is 15.3 Å². The first-order valence-electron chi connectivity index (χ1n) is 15.1. The molecule has 2 aliphatic heterocycles. The molecule has 6 rings (SSSR count). The fourth-order valence-corrected chi connectivity index (χ4v) is 6.15. The molecule has 0 atom stereocenters. The first kappa shape index (κ1) is 30.2. The molecule has 2 aliphatic rings. The molecular weight excluding hydrogens is 577 g/mol. The van der Waals surface area contributed by atoms with Crippen LogP contribution in [-0.2, 0) is 19.1 Å². The van der Waals surface area contributed by atoms with E-state index in [2.05, 4.69) is 33.0 Å². The SMILES string of the molecule is CCNC(=O)c1c(C)ccc(-c2nc3c(c(NC4=C(C)CNc5ccccc54)n2)N(Cc2ccccc2)CCC3)c1C(F)(F)F. The highest BCUT2D eigenvalue weighted by atomic mass is 19.4. The van der Waals surface area contributed by atoms with Crippen molar-refractivity contribution in [2.75, 3.05) is 35.2 Å². The number of anilines is 3. The number of carbonyl (C=O) groups is 1. The van der Waals surface area contributed by atoms with Crippen molar-refractivity contribution in [2.45, 2.75) is 46.3 Å². The van der Waals surface area contributed by atoms with Gasteiger partial charge in [-0.1, -0.05) is 60.7 Å². The highest BCUT2D eigenvalue weighted by Gasteiger charge is 2.40. The Morgan fingerprint density at radius 1 is 0.978 bits per heavy atom. The molecule has 4 aromatic rings. The van der Waals surface area contributed by atoms with Gasteiger partial charge >= 0.3 is 6.18 Å². The van der Waals surface area contributed by atoms with E-state index in [0.29, 0.717) is 31.0 Å². The number of fused-ring (bicyclic) bond motifs is 2. The average Bonchev–Trinajstić information content (AvgIpc) is 3.02. The molecule has 0 saturated carbocycles. The third kappa shape index (κ3) is 5.96. The molecule has 3 aromatic carbocycles. The lowest BCUT2D eigenvalue weighted by Crippen LogP contribution is -2.31. The molecule has 0 aliphatic carbocycles. The number of benzene rings is 3. The maximum absolute atomic E-state index is 14.8. The number of hydrogen-bond donors (Lipinski definition) is 3. The Labute approximate surface area is 260 Å². The fourth-order valence-electron chi connectivity index (χ4n) is 6.15. The summed E-state index contributed by atoms with van der Waals surface area (Å²) in [5.41, 5.74) is 4.91. The number of para-hydroxylation sites is 1. The van der Waals surface area contributed by atoms with Gasteiger partial charge in [0.15, 0.2) is 11.6 Å². The minimum atomic E-state index is -4.82. The summed E-state index contributed by atoms with van der Waals surface area (Å²) in [6.45, 7) is 7.35. The quantitative estimate of drug-likeness (QED) is 0.201. The third-order valence-corrected chi connectivity index (χ3v) is 8.24. The van der Waals surface area contributed by atoms with Gasteiger partial charge in [0.2, 0.25) is 0 Å². The highest BCUT2D eigenvalue weighted by Crippen LogP contribution is 2.43. The second-order valence-corrected chi connectivity index (χ2v) is 11.4. The van der Waals surface area contributed by atoms with Crippen LogP contribution in [0.2, 0.25) is 0 Å². The van der Waals surface area contributed by atoms with E-state index in [1.165, 1.54) is 19.1 Å². The van der Waals surface area contributed by atoms with Crippen molar-refractivity contribution < 1.29 is 18.0 Å². The van der Waals surface area contributed by atoms with E-state index >= 15 is 0 Å². The molecule has 1 aromatic heterocycles. The summed E-state index contributed by atoms with van der Waals surface area (Å²) >= 11 is 0. The summed E-state index contributed by atoms with van der Waals surface area (Å²) < 4.78 is 44.5. The largest absolute Gasteiger partial charge is 0.417 e. The lowest BCUT2D eigenvalue weighted by Gasteiger charge is -2.34. The van der Waals surface area contributed by atoms with Crippen LogP contribution >= 0.6 is 0 Å². The van der Waals surface area contributed by atoms with Crippen molar-refractivity contribution in [1.29, 1.82) is 0 Å². The Balaban J connectivity index is 1.56. The number of nitrogens with one attached hydrogen (secondary N) is 3. The van der Waals surface area contributed by atoms with Gasteiger partial charge < -0.3 is 20.9 Å². The predicted molar refractivity (Wildman–Crippen MR) is 172 cm³/mol. The number of halogens is 3. The molecular formula is C35H35F3N6O. The second-order valence-electron chi connectivity index (χ2n) is 11.4. The van der Waals surface area contributed by atoms with Crippen LogP contribution in [0.15, 0.2) is 72.3 Å². The molecule has 0 bridgehead atoms. The van der Waals surface area contributed by atoms with E-state index in [1.807, 2.05) is 49.4 Å². The number of rotatable bonds is 7. The standard InChI is InChI=1S/C35H35F3N6O/c1-4-39-34(45)28-21(2)16-17-25(29(28)35(36,37)38)32-41-27-15-10-18-44(20-23-11-6-5-7-12-23)31(27)33(43-32)42-30-22(3)19-40-26-14-9-8-13-24(26)30/h5-9,11-14,16-17,40H,4,10,15,18-20H2,1-3H3,(H,39,45)(H,41,42,43). The zero-order valence-electron chi connectivity index (χ0n) is 25.5. The zero-order chi connectivity index (χ0) is 31.7. The number of aryl methyl sites for hydroxylation is 2.